The largest absolute Gasteiger partial charge is 0.444 e. The third kappa shape index (κ3) is 7.03. The van der Waals surface area contributed by atoms with Crippen LogP contribution >= 0.6 is 0 Å². The first kappa shape index (κ1) is 20.9. The number of alkyl carbamates (subject to hydrolysis) is 1. The molecule has 1 aromatic rings. The molecular formula is C19H31N5O3. The van der Waals surface area contributed by atoms with Crippen LogP contribution in [0.3, 0.4) is 0 Å². The van der Waals surface area contributed by atoms with Crippen molar-refractivity contribution in [2.45, 2.75) is 53.1 Å². The van der Waals surface area contributed by atoms with Crippen LogP contribution in [0, 0.1) is 19.8 Å². The van der Waals surface area contributed by atoms with Gasteiger partial charge in [0.1, 0.15) is 5.60 Å². The van der Waals surface area contributed by atoms with E-state index >= 15 is 0 Å². The van der Waals surface area contributed by atoms with Gasteiger partial charge in [0.05, 0.1) is 0 Å². The minimum Gasteiger partial charge on any atom is -0.444 e. The molecule has 2 heterocycles. The van der Waals surface area contributed by atoms with E-state index in [0.717, 1.165) is 43.3 Å². The molecule has 1 aliphatic heterocycles. The lowest BCUT2D eigenvalue weighted by atomic mass is 9.96. The molecule has 1 aliphatic rings. The molecule has 150 valence electrons. The molecule has 0 aromatic carbocycles. The van der Waals surface area contributed by atoms with Crippen LogP contribution in [0.4, 0.5) is 10.7 Å². The number of rotatable bonds is 5. The summed E-state index contributed by atoms with van der Waals surface area (Å²) < 4.78 is 5.15. The van der Waals surface area contributed by atoms with Crippen LogP contribution in [-0.4, -0.2) is 53.7 Å². The van der Waals surface area contributed by atoms with Crippen LogP contribution < -0.4 is 15.5 Å². The smallest absolute Gasteiger partial charge is 0.407 e. The van der Waals surface area contributed by atoms with Crippen LogP contribution in [0.2, 0.25) is 0 Å². The number of aromatic nitrogens is 2. The number of nitrogens with one attached hydrogen (secondary N) is 2. The third-order valence-corrected chi connectivity index (χ3v) is 4.21. The van der Waals surface area contributed by atoms with E-state index in [4.69, 9.17) is 4.74 Å². The molecule has 8 heteroatoms. The van der Waals surface area contributed by atoms with Gasteiger partial charge in [-0.05, 0) is 53.5 Å². The van der Waals surface area contributed by atoms with Gasteiger partial charge in [0.15, 0.2) is 0 Å². The predicted molar refractivity (Wildman–Crippen MR) is 104 cm³/mol. The molecule has 2 amide bonds. The molecule has 2 N–H and O–H groups in total. The normalized spacial score (nSPS) is 15.4. The van der Waals surface area contributed by atoms with Crippen molar-refractivity contribution in [2.24, 2.45) is 5.92 Å². The van der Waals surface area contributed by atoms with Gasteiger partial charge in [-0.1, -0.05) is 0 Å². The molecule has 0 saturated carbocycles. The Bertz CT molecular complexity index is 644. The Kier molecular flexibility index (Phi) is 6.98. The number of hydrogen-bond acceptors (Lipinski definition) is 6. The van der Waals surface area contributed by atoms with Gasteiger partial charge in [0.25, 0.3) is 0 Å². The van der Waals surface area contributed by atoms with Crippen molar-refractivity contribution in [3.8, 4) is 0 Å². The summed E-state index contributed by atoms with van der Waals surface area (Å²) >= 11 is 0. The molecule has 8 nitrogen and oxygen atoms in total. The number of aryl methyl sites for hydroxylation is 2. The van der Waals surface area contributed by atoms with E-state index in [0.29, 0.717) is 13.1 Å². The minimum absolute atomic E-state index is 0.0197. The van der Waals surface area contributed by atoms with E-state index in [1.54, 1.807) is 0 Å². The van der Waals surface area contributed by atoms with Crippen LogP contribution in [0.25, 0.3) is 0 Å². The average molecular weight is 377 g/mol. The molecule has 0 bridgehead atoms. The molecule has 1 fully saturated rings. The molecule has 27 heavy (non-hydrogen) atoms. The lowest BCUT2D eigenvalue weighted by Crippen LogP contribution is -2.43. The van der Waals surface area contributed by atoms with Gasteiger partial charge in [-0.3, -0.25) is 4.79 Å². The number of carbonyl (C=O) groups is 2. The molecular weight excluding hydrogens is 346 g/mol. The van der Waals surface area contributed by atoms with Crippen molar-refractivity contribution in [1.29, 1.82) is 0 Å². The molecule has 1 saturated heterocycles. The number of amides is 2. The molecule has 0 unspecified atom stereocenters. The maximum absolute atomic E-state index is 12.3. The molecule has 0 atom stereocenters. The topological polar surface area (TPSA) is 96.5 Å². The highest BCUT2D eigenvalue weighted by Gasteiger charge is 2.26. The molecule has 0 aliphatic carbocycles. The average Bonchev–Trinajstić information content (AvgIpc) is 2.56. The van der Waals surface area contributed by atoms with Crippen LogP contribution in [0.15, 0.2) is 6.07 Å². The second-order valence-corrected chi connectivity index (χ2v) is 7.93. The highest BCUT2D eigenvalue weighted by atomic mass is 16.6. The maximum Gasteiger partial charge on any atom is 0.407 e. The summed E-state index contributed by atoms with van der Waals surface area (Å²) in [6, 6.07) is 1.95. The first-order chi connectivity index (χ1) is 12.6. The van der Waals surface area contributed by atoms with Gasteiger partial charge in [-0.15, -0.1) is 0 Å². The Balaban J connectivity index is 1.70. The summed E-state index contributed by atoms with van der Waals surface area (Å²) in [7, 11) is 0. The van der Waals surface area contributed by atoms with Gasteiger partial charge in [-0.2, -0.15) is 0 Å². The highest BCUT2D eigenvalue weighted by Crippen LogP contribution is 2.21. The second-order valence-electron chi connectivity index (χ2n) is 7.93. The number of carbonyl (C=O) groups excluding carboxylic acids is 2. The zero-order valence-corrected chi connectivity index (χ0v) is 17.0. The summed E-state index contributed by atoms with van der Waals surface area (Å²) in [4.78, 5) is 35.0. The van der Waals surface area contributed by atoms with E-state index in [1.165, 1.54) is 0 Å². The van der Waals surface area contributed by atoms with E-state index in [1.807, 2.05) is 40.7 Å². The van der Waals surface area contributed by atoms with Gasteiger partial charge in [0.2, 0.25) is 11.9 Å². The van der Waals surface area contributed by atoms with Crippen molar-refractivity contribution in [1.82, 2.24) is 20.6 Å². The number of ether oxygens (including phenoxy) is 1. The number of piperidine rings is 1. The molecule has 0 radical (unpaired) electrons. The highest BCUT2D eigenvalue weighted by molar-refractivity contribution is 5.79. The summed E-state index contributed by atoms with van der Waals surface area (Å²) in [5.41, 5.74) is 1.38. The van der Waals surface area contributed by atoms with Crippen LogP contribution in [0.5, 0.6) is 0 Å². The van der Waals surface area contributed by atoms with E-state index in [-0.39, 0.29) is 11.8 Å². The predicted octanol–water partition coefficient (Wildman–Crippen LogP) is 1.95. The maximum atomic E-state index is 12.3. The summed E-state index contributed by atoms with van der Waals surface area (Å²) in [5.74, 6) is 0.753. The molecule has 1 aromatic heterocycles. The fraction of sp³-hybridized carbons (Fsp3) is 0.684. The zero-order chi connectivity index (χ0) is 20.0. The number of hydrogen-bond donors (Lipinski definition) is 2. The Morgan fingerprint density at radius 3 is 2.22 bits per heavy atom. The van der Waals surface area contributed by atoms with Crippen LogP contribution in [0.1, 0.15) is 45.0 Å². The van der Waals surface area contributed by atoms with Gasteiger partial charge in [0, 0.05) is 43.5 Å². The SMILES string of the molecule is Cc1cc(C)nc(N2CCC(C(=O)NCCNC(=O)OC(C)(C)C)CC2)n1. The van der Waals surface area contributed by atoms with Crippen molar-refractivity contribution in [3.05, 3.63) is 17.5 Å². The Labute approximate surface area is 161 Å². The lowest BCUT2D eigenvalue weighted by molar-refractivity contribution is -0.125. The Hall–Kier alpha value is -2.38. The van der Waals surface area contributed by atoms with E-state index in [2.05, 4.69) is 25.5 Å². The first-order valence-corrected chi connectivity index (χ1v) is 9.46. The summed E-state index contributed by atoms with van der Waals surface area (Å²) in [6.45, 7) is 11.6. The number of nitrogens with zero attached hydrogens (tertiary/aromatic N) is 3. The fourth-order valence-electron chi connectivity index (χ4n) is 3.00. The Morgan fingerprint density at radius 1 is 1.11 bits per heavy atom. The van der Waals surface area contributed by atoms with Crippen molar-refractivity contribution in [3.63, 3.8) is 0 Å². The summed E-state index contributed by atoms with van der Waals surface area (Å²) in [6.07, 6.45) is 1.06. The minimum atomic E-state index is -0.527. The first-order valence-electron chi connectivity index (χ1n) is 9.46. The Morgan fingerprint density at radius 2 is 1.67 bits per heavy atom. The molecule has 0 spiro atoms. The van der Waals surface area contributed by atoms with Crippen molar-refractivity contribution in [2.75, 3.05) is 31.1 Å². The monoisotopic (exact) mass is 377 g/mol. The van der Waals surface area contributed by atoms with Crippen molar-refractivity contribution >= 4 is 17.9 Å². The van der Waals surface area contributed by atoms with E-state index < -0.39 is 11.7 Å². The van der Waals surface area contributed by atoms with Crippen molar-refractivity contribution < 1.29 is 14.3 Å². The number of anilines is 1. The third-order valence-electron chi connectivity index (χ3n) is 4.21. The fourth-order valence-corrected chi connectivity index (χ4v) is 3.00. The quantitative estimate of drug-likeness (QED) is 0.762. The van der Waals surface area contributed by atoms with Crippen LogP contribution in [-0.2, 0) is 9.53 Å². The van der Waals surface area contributed by atoms with Gasteiger partial charge < -0.3 is 20.3 Å². The van der Waals surface area contributed by atoms with Gasteiger partial charge >= 0.3 is 6.09 Å². The van der Waals surface area contributed by atoms with Gasteiger partial charge in [-0.25, -0.2) is 14.8 Å². The zero-order valence-electron chi connectivity index (χ0n) is 17.0. The van der Waals surface area contributed by atoms with E-state index in [9.17, 15) is 9.59 Å². The standard InChI is InChI=1S/C19H31N5O3/c1-13-12-14(2)23-17(22-13)24-10-6-15(7-11-24)16(25)20-8-9-21-18(26)27-19(3,4)5/h12,15H,6-11H2,1-5H3,(H,20,25)(H,21,26). The summed E-state index contributed by atoms with van der Waals surface area (Å²) in [5, 5.41) is 5.52. The second kappa shape index (κ2) is 9.01. The molecule has 2 rings (SSSR count). The lowest BCUT2D eigenvalue weighted by Gasteiger charge is -2.31.